The van der Waals surface area contributed by atoms with E-state index in [1.54, 1.807) is 0 Å². The minimum absolute atomic E-state index is 0.907. The first-order valence-electron chi connectivity index (χ1n) is 19.3. The lowest BCUT2D eigenvalue weighted by molar-refractivity contribution is 0.670. The molecule has 0 saturated heterocycles. The Morgan fingerprint density at radius 2 is 0.860 bits per heavy atom. The van der Waals surface area contributed by atoms with E-state index in [2.05, 4.69) is 205 Å². The van der Waals surface area contributed by atoms with Crippen LogP contribution in [0, 0.1) is 0 Å². The molecule has 0 fully saturated rings. The molecule has 0 N–H and O–H groups in total. The minimum atomic E-state index is 0.907. The van der Waals surface area contributed by atoms with Gasteiger partial charge in [-0.2, -0.15) is 0 Å². The third-order valence-corrected chi connectivity index (χ3v) is 12.3. The van der Waals surface area contributed by atoms with Crippen LogP contribution in [0.2, 0.25) is 0 Å². The maximum Gasteiger partial charge on any atom is 0.143 e. The van der Waals surface area contributed by atoms with E-state index in [4.69, 9.17) is 4.42 Å². The number of hydrogen-bond acceptors (Lipinski definition) is 3. The van der Waals surface area contributed by atoms with Gasteiger partial charge in [-0.15, -0.1) is 11.3 Å². The van der Waals surface area contributed by atoms with Crippen LogP contribution in [0.25, 0.3) is 86.6 Å². The van der Waals surface area contributed by atoms with Crippen molar-refractivity contribution in [1.29, 1.82) is 0 Å². The molecule has 0 spiro atoms. The van der Waals surface area contributed by atoms with E-state index >= 15 is 0 Å². The normalized spacial score (nSPS) is 11.5. The monoisotopic (exact) mass is 745 g/mol. The van der Waals surface area contributed by atoms with Gasteiger partial charge in [-0.3, -0.25) is 0 Å². The molecule has 0 aliphatic rings. The third-order valence-electron chi connectivity index (χ3n) is 11.1. The number of fused-ring (bicyclic) bond motifs is 6. The molecule has 0 aliphatic carbocycles. The zero-order valence-corrected chi connectivity index (χ0v) is 31.8. The van der Waals surface area contributed by atoms with Gasteiger partial charge in [0.15, 0.2) is 0 Å². The summed E-state index contributed by atoms with van der Waals surface area (Å²) in [5, 5.41) is 4.89. The van der Waals surface area contributed by atoms with E-state index in [0.29, 0.717) is 0 Å². The summed E-state index contributed by atoms with van der Waals surface area (Å²) in [5.74, 6) is 0. The molecular weight excluding hydrogens is 711 g/mol. The summed E-state index contributed by atoms with van der Waals surface area (Å²) in [6, 6.07) is 76.2. The molecule has 268 valence electrons. The fourth-order valence-electron chi connectivity index (χ4n) is 8.36. The predicted octanol–water partition coefficient (Wildman–Crippen LogP) is 16.1. The lowest BCUT2D eigenvalue weighted by Crippen LogP contribution is -2.09. The van der Waals surface area contributed by atoms with Gasteiger partial charge < -0.3 is 9.32 Å². The molecule has 57 heavy (non-hydrogen) atoms. The fraction of sp³-hybridized carbons (Fsp3) is 0. The Morgan fingerprint density at radius 3 is 1.54 bits per heavy atom. The van der Waals surface area contributed by atoms with Crippen molar-refractivity contribution >= 4 is 70.5 Å². The van der Waals surface area contributed by atoms with Crippen molar-refractivity contribution in [3.63, 3.8) is 0 Å². The molecule has 3 heteroatoms. The van der Waals surface area contributed by atoms with E-state index in [1.807, 2.05) is 23.5 Å². The first kappa shape index (κ1) is 33.2. The van der Waals surface area contributed by atoms with E-state index in [9.17, 15) is 0 Å². The smallest absolute Gasteiger partial charge is 0.143 e. The zero-order chi connectivity index (χ0) is 37.7. The van der Waals surface area contributed by atoms with Crippen molar-refractivity contribution < 1.29 is 4.42 Å². The Hall–Kier alpha value is -7.20. The Kier molecular flexibility index (Phi) is 8.04. The molecule has 0 radical (unpaired) electrons. The molecule has 0 unspecified atom stereocenters. The van der Waals surface area contributed by atoms with Gasteiger partial charge in [0.25, 0.3) is 0 Å². The third kappa shape index (κ3) is 5.80. The summed E-state index contributed by atoms with van der Waals surface area (Å²) in [6.07, 6.45) is 0. The Labute approximate surface area is 335 Å². The molecule has 2 heterocycles. The van der Waals surface area contributed by atoms with Gasteiger partial charge in [0, 0.05) is 59.1 Å². The quantitative estimate of drug-likeness (QED) is 0.162. The largest absolute Gasteiger partial charge is 0.455 e. The van der Waals surface area contributed by atoms with Crippen molar-refractivity contribution in [1.82, 2.24) is 0 Å². The Bertz CT molecular complexity index is 3200. The van der Waals surface area contributed by atoms with Gasteiger partial charge in [0.2, 0.25) is 0 Å². The molecule has 0 bridgehead atoms. The number of thiophene rings is 1. The highest BCUT2D eigenvalue weighted by Gasteiger charge is 2.19. The summed E-state index contributed by atoms with van der Waals surface area (Å²) < 4.78 is 9.05. The molecule has 11 rings (SSSR count). The summed E-state index contributed by atoms with van der Waals surface area (Å²) >= 11 is 1.88. The highest BCUT2D eigenvalue weighted by Crippen LogP contribution is 2.46. The average molecular weight is 746 g/mol. The molecule has 9 aromatic carbocycles. The van der Waals surface area contributed by atoms with Crippen LogP contribution >= 0.6 is 11.3 Å². The molecule has 0 aliphatic heterocycles. The van der Waals surface area contributed by atoms with Crippen molar-refractivity contribution in [2.24, 2.45) is 0 Å². The van der Waals surface area contributed by atoms with Crippen LogP contribution in [0.5, 0.6) is 0 Å². The first-order chi connectivity index (χ1) is 28.3. The standard InChI is InChI=1S/C54H35NOS/c1-3-12-36(13-4-1)37-22-28-41(29-23-37)55(43-32-26-39(27-33-43)45-18-11-19-48-46-16-7-9-20-50(46)56-53(45)48)42-30-24-38(25-31-42)44-34-35-49-47-17-8-10-21-51(47)57-54(49)52(44)40-14-5-2-6-15-40/h1-35H. The predicted molar refractivity (Wildman–Crippen MR) is 243 cm³/mol. The zero-order valence-electron chi connectivity index (χ0n) is 31.0. The summed E-state index contributed by atoms with van der Waals surface area (Å²) in [7, 11) is 0. The highest BCUT2D eigenvalue weighted by atomic mass is 32.1. The number of furan rings is 1. The number of para-hydroxylation sites is 2. The molecule has 0 atom stereocenters. The summed E-state index contributed by atoms with van der Waals surface area (Å²) in [5.41, 5.74) is 14.6. The van der Waals surface area contributed by atoms with E-state index in [0.717, 1.165) is 50.1 Å². The van der Waals surface area contributed by atoms with Gasteiger partial charge in [-0.25, -0.2) is 0 Å². The van der Waals surface area contributed by atoms with Gasteiger partial charge in [0.1, 0.15) is 11.2 Å². The molecule has 2 aromatic heterocycles. The van der Waals surface area contributed by atoms with Crippen LogP contribution in [0.3, 0.4) is 0 Å². The van der Waals surface area contributed by atoms with Crippen LogP contribution in [-0.4, -0.2) is 0 Å². The number of rotatable bonds is 7. The van der Waals surface area contributed by atoms with Gasteiger partial charge >= 0.3 is 0 Å². The molecule has 0 amide bonds. The second-order valence-electron chi connectivity index (χ2n) is 14.5. The molecule has 11 aromatic rings. The van der Waals surface area contributed by atoms with Crippen LogP contribution in [0.4, 0.5) is 17.1 Å². The molecule has 0 saturated carbocycles. The Morgan fingerprint density at radius 1 is 0.333 bits per heavy atom. The van der Waals surface area contributed by atoms with Crippen molar-refractivity contribution in [3.8, 4) is 44.5 Å². The molecular formula is C54H35NOS. The van der Waals surface area contributed by atoms with Crippen molar-refractivity contribution in [2.45, 2.75) is 0 Å². The van der Waals surface area contributed by atoms with Crippen LogP contribution in [-0.2, 0) is 0 Å². The number of benzene rings is 9. The second kappa shape index (κ2) is 13.8. The highest BCUT2D eigenvalue weighted by molar-refractivity contribution is 7.26. The summed E-state index contributed by atoms with van der Waals surface area (Å²) in [6.45, 7) is 0. The number of anilines is 3. The van der Waals surface area contributed by atoms with Gasteiger partial charge in [-0.05, 0) is 81.9 Å². The number of hydrogen-bond donors (Lipinski definition) is 0. The van der Waals surface area contributed by atoms with Crippen molar-refractivity contribution in [3.05, 3.63) is 212 Å². The lowest BCUT2D eigenvalue weighted by atomic mass is 9.92. The van der Waals surface area contributed by atoms with Crippen LogP contribution in [0.15, 0.2) is 217 Å². The minimum Gasteiger partial charge on any atom is -0.455 e. The number of nitrogens with zero attached hydrogens (tertiary/aromatic N) is 1. The summed E-state index contributed by atoms with van der Waals surface area (Å²) in [4.78, 5) is 2.34. The van der Waals surface area contributed by atoms with Gasteiger partial charge in [-0.1, -0.05) is 164 Å². The van der Waals surface area contributed by atoms with Crippen molar-refractivity contribution in [2.75, 3.05) is 4.90 Å². The van der Waals surface area contributed by atoms with Crippen LogP contribution in [0.1, 0.15) is 0 Å². The van der Waals surface area contributed by atoms with E-state index in [1.165, 1.54) is 53.6 Å². The first-order valence-corrected chi connectivity index (χ1v) is 20.1. The lowest BCUT2D eigenvalue weighted by Gasteiger charge is -2.26. The van der Waals surface area contributed by atoms with E-state index < -0.39 is 0 Å². The average Bonchev–Trinajstić information content (AvgIpc) is 3.86. The fourth-order valence-corrected chi connectivity index (χ4v) is 9.63. The maximum atomic E-state index is 6.42. The topological polar surface area (TPSA) is 16.4 Å². The SMILES string of the molecule is c1ccc(-c2ccc(N(c3ccc(-c4ccc5c(sc6ccccc65)c4-c4ccccc4)cc3)c3ccc(-c4cccc5c4oc4ccccc45)cc3)cc2)cc1. The maximum absolute atomic E-state index is 6.42. The van der Waals surface area contributed by atoms with Crippen LogP contribution < -0.4 is 4.90 Å². The second-order valence-corrected chi connectivity index (χ2v) is 15.5. The van der Waals surface area contributed by atoms with Gasteiger partial charge in [0.05, 0.1) is 0 Å². The Balaban J connectivity index is 1.02. The molecule has 2 nitrogen and oxygen atoms in total. The van der Waals surface area contributed by atoms with E-state index in [-0.39, 0.29) is 0 Å².